The van der Waals surface area contributed by atoms with E-state index in [1.165, 1.54) is 12.3 Å². The number of piperidine rings is 1. The molecule has 0 spiro atoms. The van der Waals surface area contributed by atoms with Crippen LogP contribution in [0.15, 0.2) is 43.1 Å². The number of benzene rings is 1. The van der Waals surface area contributed by atoms with Gasteiger partial charge in [0.1, 0.15) is 5.02 Å². The minimum atomic E-state index is -0.312. The second-order valence-electron chi connectivity index (χ2n) is 7.80. The number of likely N-dealkylation sites (tertiary alicyclic amines) is 1. The predicted molar refractivity (Wildman–Crippen MR) is 122 cm³/mol. The van der Waals surface area contributed by atoms with E-state index >= 15 is 0 Å². The summed E-state index contributed by atoms with van der Waals surface area (Å²) in [5.74, 6) is 1.03. The number of hydrogen-bond donors (Lipinski definition) is 3. The maximum atomic E-state index is 12.4. The van der Waals surface area contributed by atoms with Crippen molar-refractivity contribution in [3.8, 4) is 0 Å². The van der Waals surface area contributed by atoms with Gasteiger partial charge in [-0.05, 0) is 43.9 Å². The zero-order chi connectivity index (χ0) is 21.8. The molecule has 1 aromatic heterocycles. The van der Waals surface area contributed by atoms with E-state index in [1.54, 1.807) is 6.07 Å². The number of amides is 2. The molecule has 1 saturated heterocycles. The van der Waals surface area contributed by atoms with Gasteiger partial charge in [-0.15, -0.1) is 0 Å². The molecule has 1 aromatic carbocycles. The molecule has 8 nitrogen and oxygen atoms in total. The molecule has 162 valence electrons. The Morgan fingerprint density at radius 1 is 1.19 bits per heavy atom. The lowest BCUT2D eigenvalue weighted by molar-refractivity contribution is -0.133. The molecular weight excluding hydrogens is 416 g/mol. The summed E-state index contributed by atoms with van der Waals surface area (Å²) in [7, 11) is 0. The van der Waals surface area contributed by atoms with Crippen molar-refractivity contribution in [1.29, 1.82) is 0 Å². The van der Waals surface area contributed by atoms with E-state index in [4.69, 9.17) is 11.6 Å². The molecule has 1 aliphatic heterocycles. The summed E-state index contributed by atoms with van der Waals surface area (Å²) in [4.78, 5) is 34.9. The second-order valence-corrected chi connectivity index (χ2v) is 8.20. The molecule has 4 rings (SSSR count). The summed E-state index contributed by atoms with van der Waals surface area (Å²) in [5.41, 5.74) is 1.22. The quantitative estimate of drug-likeness (QED) is 0.566. The molecule has 0 radical (unpaired) electrons. The zero-order valence-electron chi connectivity index (χ0n) is 17.1. The SMILES string of the molecule is C=CC(=O)Nc1ccccc1Nc1nc(N[C@H]2CCCN(C(=O)C3CC3)C2)ncc1Cl. The number of carbonyl (C=O) groups is 2. The van der Waals surface area contributed by atoms with Gasteiger partial charge in [0.25, 0.3) is 0 Å². The van der Waals surface area contributed by atoms with Crippen LogP contribution in [0.3, 0.4) is 0 Å². The molecule has 1 saturated carbocycles. The molecular formula is C22H25ClN6O2. The molecule has 31 heavy (non-hydrogen) atoms. The van der Waals surface area contributed by atoms with Gasteiger partial charge in [0.15, 0.2) is 5.82 Å². The Labute approximate surface area is 186 Å². The Bertz CT molecular complexity index is 994. The molecule has 0 bridgehead atoms. The van der Waals surface area contributed by atoms with E-state index in [1.807, 2.05) is 23.1 Å². The van der Waals surface area contributed by atoms with Crippen molar-refractivity contribution < 1.29 is 9.59 Å². The summed E-state index contributed by atoms with van der Waals surface area (Å²) in [6, 6.07) is 7.33. The van der Waals surface area contributed by atoms with E-state index in [2.05, 4.69) is 32.5 Å². The Hall–Kier alpha value is -3.13. The van der Waals surface area contributed by atoms with Gasteiger partial charge in [-0.1, -0.05) is 30.3 Å². The number of anilines is 4. The number of nitrogens with zero attached hydrogens (tertiary/aromatic N) is 3. The standard InChI is InChI=1S/C22H25ClN6O2/c1-2-19(30)26-17-7-3-4-8-18(17)27-20-16(23)12-24-22(28-20)25-15-6-5-11-29(13-15)21(31)14-9-10-14/h2-4,7-8,12,14-15H,1,5-6,9-11,13H2,(H,26,30)(H2,24,25,27,28)/t15-/m0/s1. The average molecular weight is 441 g/mol. The lowest BCUT2D eigenvalue weighted by atomic mass is 10.1. The zero-order valence-corrected chi connectivity index (χ0v) is 17.9. The Morgan fingerprint density at radius 2 is 1.97 bits per heavy atom. The number of carbonyl (C=O) groups excluding carboxylic acids is 2. The molecule has 2 amide bonds. The summed E-state index contributed by atoms with van der Waals surface area (Å²) in [6.07, 6.45) is 6.65. The number of aromatic nitrogens is 2. The van der Waals surface area contributed by atoms with Crippen molar-refractivity contribution >= 4 is 46.6 Å². The van der Waals surface area contributed by atoms with Crippen LogP contribution in [0.1, 0.15) is 25.7 Å². The Morgan fingerprint density at radius 3 is 2.71 bits per heavy atom. The van der Waals surface area contributed by atoms with E-state index in [0.717, 1.165) is 32.2 Å². The van der Waals surface area contributed by atoms with E-state index < -0.39 is 0 Å². The van der Waals surface area contributed by atoms with Crippen LogP contribution in [-0.4, -0.2) is 45.8 Å². The van der Waals surface area contributed by atoms with Gasteiger partial charge in [0, 0.05) is 25.0 Å². The third-order valence-corrected chi connectivity index (χ3v) is 5.64. The van der Waals surface area contributed by atoms with E-state index in [9.17, 15) is 9.59 Å². The molecule has 2 heterocycles. The number of halogens is 1. The van der Waals surface area contributed by atoms with Crippen molar-refractivity contribution in [3.05, 3.63) is 48.1 Å². The highest BCUT2D eigenvalue weighted by Crippen LogP contribution is 2.32. The lowest BCUT2D eigenvalue weighted by Crippen LogP contribution is -2.45. The first-order valence-electron chi connectivity index (χ1n) is 10.4. The minimum Gasteiger partial charge on any atom is -0.350 e. The fourth-order valence-corrected chi connectivity index (χ4v) is 3.74. The van der Waals surface area contributed by atoms with Crippen LogP contribution in [0.4, 0.5) is 23.1 Å². The minimum absolute atomic E-state index is 0.0876. The van der Waals surface area contributed by atoms with Crippen LogP contribution in [0.5, 0.6) is 0 Å². The van der Waals surface area contributed by atoms with Crippen molar-refractivity contribution in [2.75, 3.05) is 29.0 Å². The average Bonchev–Trinajstić information content (AvgIpc) is 3.62. The van der Waals surface area contributed by atoms with Gasteiger partial charge < -0.3 is 20.9 Å². The Kier molecular flexibility index (Phi) is 6.36. The molecule has 1 atom stereocenters. The number of hydrogen-bond acceptors (Lipinski definition) is 6. The first kappa shape index (κ1) is 21.1. The third-order valence-electron chi connectivity index (χ3n) is 5.36. The van der Waals surface area contributed by atoms with Crippen molar-refractivity contribution in [2.45, 2.75) is 31.7 Å². The van der Waals surface area contributed by atoms with Crippen molar-refractivity contribution in [2.24, 2.45) is 5.92 Å². The van der Waals surface area contributed by atoms with Crippen molar-refractivity contribution in [3.63, 3.8) is 0 Å². The molecule has 1 aliphatic carbocycles. The van der Waals surface area contributed by atoms with Gasteiger partial charge in [-0.25, -0.2) is 4.98 Å². The largest absolute Gasteiger partial charge is 0.350 e. The molecule has 3 N–H and O–H groups in total. The van der Waals surface area contributed by atoms with E-state index in [0.29, 0.717) is 34.7 Å². The van der Waals surface area contributed by atoms with Gasteiger partial charge >= 0.3 is 0 Å². The highest BCUT2D eigenvalue weighted by atomic mass is 35.5. The topological polar surface area (TPSA) is 99.2 Å². The van der Waals surface area contributed by atoms with Gasteiger partial charge in [0.05, 0.1) is 17.6 Å². The first-order chi connectivity index (χ1) is 15.0. The smallest absolute Gasteiger partial charge is 0.247 e. The predicted octanol–water partition coefficient (Wildman–Crippen LogP) is 3.81. The molecule has 9 heteroatoms. The molecule has 2 aromatic rings. The number of nitrogens with one attached hydrogen (secondary N) is 3. The monoisotopic (exact) mass is 440 g/mol. The third kappa shape index (κ3) is 5.32. The summed E-state index contributed by atoms with van der Waals surface area (Å²) in [6.45, 7) is 4.94. The summed E-state index contributed by atoms with van der Waals surface area (Å²) >= 11 is 6.31. The Balaban J connectivity index is 1.46. The number of para-hydroxylation sites is 2. The summed E-state index contributed by atoms with van der Waals surface area (Å²) < 4.78 is 0. The molecule has 2 fully saturated rings. The number of rotatable bonds is 7. The molecule has 2 aliphatic rings. The maximum Gasteiger partial charge on any atom is 0.247 e. The van der Waals surface area contributed by atoms with Crippen LogP contribution in [0, 0.1) is 5.92 Å². The normalized spacial score (nSPS) is 18.2. The highest BCUT2D eigenvalue weighted by molar-refractivity contribution is 6.33. The van der Waals surface area contributed by atoms with Crippen LogP contribution in [0.25, 0.3) is 0 Å². The van der Waals surface area contributed by atoms with Crippen LogP contribution in [0.2, 0.25) is 5.02 Å². The molecule has 0 unspecified atom stereocenters. The van der Waals surface area contributed by atoms with Crippen LogP contribution < -0.4 is 16.0 Å². The highest BCUT2D eigenvalue weighted by Gasteiger charge is 2.35. The van der Waals surface area contributed by atoms with Crippen LogP contribution >= 0.6 is 11.6 Å². The van der Waals surface area contributed by atoms with Gasteiger partial charge in [-0.3, -0.25) is 9.59 Å². The van der Waals surface area contributed by atoms with Crippen molar-refractivity contribution in [1.82, 2.24) is 14.9 Å². The van der Waals surface area contributed by atoms with Crippen LogP contribution in [-0.2, 0) is 9.59 Å². The van der Waals surface area contributed by atoms with E-state index in [-0.39, 0.29) is 23.8 Å². The summed E-state index contributed by atoms with van der Waals surface area (Å²) in [5, 5.41) is 9.60. The fourth-order valence-electron chi connectivity index (χ4n) is 3.60. The first-order valence-corrected chi connectivity index (χ1v) is 10.8. The fraction of sp³-hybridized carbons (Fsp3) is 0.364. The maximum absolute atomic E-state index is 12.4. The lowest BCUT2D eigenvalue weighted by Gasteiger charge is -2.33. The van der Waals surface area contributed by atoms with Gasteiger partial charge in [-0.2, -0.15) is 4.98 Å². The van der Waals surface area contributed by atoms with Gasteiger partial charge in [0.2, 0.25) is 17.8 Å². The second kappa shape index (κ2) is 9.34.